The lowest BCUT2D eigenvalue weighted by Crippen LogP contribution is -2.45. The van der Waals surface area contributed by atoms with Crippen molar-refractivity contribution in [3.05, 3.63) is 46.2 Å². The van der Waals surface area contributed by atoms with Gasteiger partial charge in [-0.25, -0.2) is 4.68 Å². The van der Waals surface area contributed by atoms with E-state index in [9.17, 15) is 4.79 Å². The van der Waals surface area contributed by atoms with E-state index in [1.807, 2.05) is 11.0 Å². The van der Waals surface area contributed by atoms with Gasteiger partial charge in [-0.1, -0.05) is 23.2 Å². The van der Waals surface area contributed by atoms with Crippen LogP contribution in [0.2, 0.25) is 10.0 Å². The van der Waals surface area contributed by atoms with E-state index in [4.69, 9.17) is 23.2 Å². The van der Waals surface area contributed by atoms with E-state index in [2.05, 4.69) is 10.4 Å². The van der Waals surface area contributed by atoms with Gasteiger partial charge in [0.25, 0.3) is 5.91 Å². The van der Waals surface area contributed by atoms with Gasteiger partial charge in [-0.05, 0) is 62.4 Å². The Morgan fingerprint density at radius 1 is 1.12 bits per heavy atom. The maximum atomic E-state index is 12.7. The van der Waals surface area contributed by atoms with Crippen molar-refractivity contribution in [2.75, 3.05) is 19.6 Å². The van der Waals surface area contributed by atoms with Crippen LogP contribution in [0.1, 0.15) is 36.2 Å². The Hall–Kier alpha value is -1.56. The molecule has 0 radical (unpaired) electrons. The number of nitrogens with one attached hydrogen (secondary N) is 1. The minimum Gasteiger partial charge on any atom is -0.337 e. The Balaban J connectivity index is 1.36. The van der Waals surface area contributed by atoms with Crippen molar-refractivity contribution in [2.24, 2.45) is 5.92 Å². The first kappa shape index (κ1) is 17.8. The molecule has 2 heterocycles. The Labute approximate surface area is 163 Å². The molecule has 4 rings (SSSR count). The highest BCUT2D eigenvalue weighted by atomic mass is 35.5. The van der Waals surface area contributed by atoms with Gasteiger partial charge in [-0.2, -0.15) is 5.10 Å². The number of carbonyl (C=O) groups excluding carboxylic acids is 1. The molecular weight excluding hydrogens is 371 g/mol. The van der Waals surface area contributed by atoms with Crippen LogP contribution >= 0.6 is 23.2 Å². The number of piperidine rings is 1. The largest absolute Gasteiger partial charge is 0.337 e. The second-order valence-corrected chi connectivity index (χ2v) is 7.98. The molecule has 1 amide bonds. The fourth-order valence-electron chi connectivity index (χ4n) is 3.31. The lowest BCUT2D eigenvalue weighted by atomic mass is 10.0. The van der Waals surface area contributed by atoms with Crippen LogP contribution in [0.5, 0.6) is 0 Å². The third-order valence-corrected chi connectivity index (χ3v) is 5.89. The molecule has 7 heteroatoms. The number of likely N-dealkylation sites (tertiary alicyclic amines) is 1. The number of carbonyl (C=O) groups is 1. The highest BCUT2D eigenvalue weighted by Crippen LogP contribution is 2.28. The molecule has 2 aliphatic rings. The lowest BCUT2D eigenvalue weighted by molar-refractivity contribution is 0.0698. The molecule has 1 saturated carbocycles. The minimum absolute atomic E-state index is 0.00977. The Kier molecular flexibility index (Phi) is 5.20. The van der Waals surface area contributed by atoms with Crippen LogP contribution in [0, 0.1) is 5.92 Å². The molecular formula is C19H22Cl2N4O. The summed E-state index contributed by atoms with van der Waals surface area (Å²) in [6, 6.07) is 7.58. The molecule has 0 spiro atoms. The first-order chi connectivity index (χ1) is 12.6. The van der Waals surface area contributed by atoms with E-state index in [1.54, 1.807) is 29.1 Å². The molecule has 138 valence electrons. The summed E-state index contributed by atoms with van der Waals surface area (Å²) < 4.78 is 1.65. The second kappa shape index (κ2) is 7.59. The number of nitrogens with zero attached hydrogens (tertiary/aromatic N) is 3. The number of hydrogen-bond donors (Lipinski definition) is 1. The zero-order chi connectivity index (χ0) is 18.1. The van der Waals surface area contributed by atoms with E-state index < -0.39 is 0 Å². The molecule has 26 heavy (non-hydrogen) atoms. The number of hydrogen-bond acceptors (Lipinski definition) is 3. The minimum atomic E-state index is -0.00977. The molecule has 0 unspecified atom stereocenters. The van der Waals surface area contributed by atoms with Crippen molar-refractivity contribution in [3.63, 3.8) is 0 Å². The van der Waals surface area contributed by atoms with Gasteiger partial charge in [-0.3, -0.25) is 4.79 Å². The molecule has 1 N–H and O–H groups in total. The fourth-order valence-corrected chi connectivity index (χ4v) is 3.61. The summed E-state index contributed by atoms with van der Waals surface area (Å²) >= 11 is 12.0. The van der Waals surface area contributed by atoms with Crippen molar-refractivity contribution >= 4 is 29.1 Å². The quantitative estimate of drug-likeness (QED) is 0.841. The predicted molar refractivity (Wildman–Crippen MR) is 103 cm³/mol. The van der Waals surface area contributed by atoms with Gasteiger partial charge >= 0.3 is 0 Å². The summed E-state index contributed by atoms with van der Waals surface area (Å²) in [5.74, 6) is 0.879. The van der Waals surface area contributed by atoms with Crippen LogP contribution in [0.25, 0.3) is 5.69 Å². The van der Waals surface area contributed by atoms with Gasteiger partial charge in [-0.15, -0.1) is 0 Å². The molecule has 1 aromatic carbocycles. The fraction of sp³-hybridized carbons (Fsp3) is 0.474. The predicted octanol–water partition coefficient (Wildman–Crippen LogP) is 3.78. The van der Waals surface area contributed by atoms with Crippen LogP contribution in [-0.4, -0.2) is 46.3 Å². The Bertz CT molecular complexity index is 795. The van der Waals surface area contributed by atoms with Crippen LogP contribution in [0.15, 0.2) is 30.5 Å². The number of benzene rings is 1. The zero-order valence-electron chi connectivity index (χ0n) is 14.5. The first-order valence-corrected chi connectivity index (χ1v) is 9.89. The molecule has 1 aliphatic heterocycles. The monoisotopic (exact) mass is 392 g/mol. The van der Waals surface area contributed by atoms with Gasteiger partial charge < -0.3 is 10.2 Å². The molecule has 2 aromatic rings. The molecule has 1 aliphatic carbocycles. The smallest absolute Gasteiger partial charge is 0.274 e. The Morgan fingerprint density at radius 2 is 1.88 bits per heavy atom. The number of rotatable bonds is 5. The number of halogens is 2. The van der Waals surface area contributed by atoms with Crippen molar-refractivity contribution in [1.29, 1.82) is 0 Å². The summed E-state index contributed by atoms with van der Waals surface area (Å²) in [6.45, 7) is 2.69. The normalized spacial score (nSPS) is 18.3. The molecule has 0 atom stereocenters. The maximum Gasteiger partial charge on any atom is 0.274 e. The van der Waals surface area contributed by atoms with Crippen LogP contribution < -0.4 is 5.32 Å². The molecule has 1 saturated heterocycles. The SMILES string of the molecule is O=C(c1ccn(-c2ccc(Cl)c(Cl)c2)n1)N1CCC(NCC2CC2)CC1. The Morgan fingerprint density at radius 3 is 2.58 bits per heavy atom. The zero-order valence-corrected chi connectivity index (χ0v) is 16.0. The van der Waals surface area contributed by atoms with Crippen molar-refractivity contribution in [3.8, 4) is 5.69 Å². The van der Waals surface area contributed by atoms with E-state index in [0.717, 1.165) is 44.1 Å². The van der Waals surface area contributed by atoms with E-state index >= 15 is 0 Å². The standard InChI is InChI=1S/C19H22Cl2N4O/c20-16-4-3-15(11-17(16)21)25-10-7-18(23-25)19(26)24-8-5-14(6-9-24)22-12-13-1-2-13/h3-4,7,10-11,13-14,22H,1-2,5-6,8-9,12H2. The van der Waals surface area contributed by atoms with E-state index in [1.165, 1.54) is 12.8 Å². The summed E-state index contributed by atoms with van der Waals surface area (Å²) in [7, 11) is 0. The maximum absolute atomic E-state index is 12.7. The van der Waals surface area contributed by atoms with Gasteiger partial charge in [0.2, 0.25) is 0 Å². The van der Waals surface area contributed by atoms with E-state index in [0.29, 0.717) is 21.8 Å². The molecule has 2 fully saturated rings. The first-order valence-electron chi connectivity index (χ1n) is 9.14. The van der Waals surface area contributed by atoms with Gasteiger partial charge in [0.05, 0.1) is 15.7 Å². The topological polar surface area (TPSA) is 50.2 Å². The van der Waals surface area contributed by atoms with E-state index in [-0.39, 0.29) is 5.91 Å². The summed E-state index contributed by atoms with van der Waals surface area (Å²) in [6.07, 6.45) is 6.52. The molecule has 5 nitrogen and oxygen atoms in total. The summed E-state index contributed by atoms with van der Waals surface area (Å²) in [4.78, 5) is 14.6. The van der Waals surface area contributed by atoms with Crippen LogP contribution in [0.4, 0.5) is 0 Å². The summed E-state index contributed by atoms with van der Waals surface area (Å²) in [5, 5.41) is 9.02. The third-order valence-electron chi connectivity index (χ3n) is 5.15. The third kappa shape index (κ3) is 4.05. The van der Waals surface area contributed by atoms with Crippen LogP contribution in [0.3, 0.4) is 0 Å². The van der Waals surface area contributed by atoms with Crippen LogP contribution in [-0.2, 0) is 0 Å². The van der Waals surface area contributed by atoms with Gasteiger partial charge in [0.15, 0.2) is 5.69 Å². The molecule has 0 bridgehead atoms. The highest BCUT2D eigenvalue weighted by Gasteiger charge is 2.27. The van der Waals surface area contributed by atoms with Gasteiger partial charge in [0.1, 0.15) is 0 Å². The number of aromatic nitrogens is 2. The second-order valence-electron chi connectivity index (χ2n) is 7.16. The lowest BCUT2D eigenvalue weighted by Gasteiger charge is -2.32. The van der Waals surface area contributed by atoms with Gasteiger partial charge in [0, 0.05) is 25.3 Å². The van der Waals surface area contributed by atoms with Crippen molar-refractivity contribution in [2.45, 2.75) is 31.7 Å². The van der Waals surface area contributed by atoms with Crippen molar-refractivity contribution < 1.29 is 4.79 Å². The molecule has 1 aromatic heterocycles. The highest BCUT2D eigenvalue weighted by molar-refractivity contribution is 6.42. The summed E-state index contributed by atoms with van der Waals surface area (Å²) in [5.41, 5.74) is 1.24. The number of amides is 1. The average Bonchev–Trinajstić information content (AvgIpc) is 3.36. The van der Waals surface area contributed by atoms with Crippen molar-refractivity contribution in [1.82, 2.24) is 20.0 Å². The average molecular weight is 393 g/mol.